The maximum atomic E-state index is 12.4. The molecule has 0 radical (unpaired) electrons. The van der Waals surface area contributed by atoms with Crippen LogP contribution < -0.4 is 5.32 Å². The molecular formula is C17H23N5OS. The van der Waals surface area contributed by atoms with Crippen molar-refractivity contribution in [2.75, 3.05) is 13.3 Å². The summed E-state index contributed by atoms with van der Waals surface area (Å²) in [7, 11) is 1.88. The molecule has 2 aromatic rings. The highest BCUT2D eigenvalue weighted by Crippen LogP contribution is 2.31. The van der Waals surface area contributed by atoms with Gasteiger partial charge in [0.25, 0.3) is 0 Å². The van der Waals surface area contributed by atoms with Crippen molar-refractivity contribution in [3.63, 3.8) is 0 Å². The minimum atomic E-state index is -0.0461. The Hall–Kier alpha value is -2.02. The van der Waals surface area contributed by atoms with Gasteiger partial charge in [0.2, 0.25) is 0 Å². The third kappa shape index (κ3) is 3.72. The van der Waals surface area contributed by atoms with E-state index in [0.717, 1.165) is 17.8 Å². The van der Waals surface area contributed by atoms with Crippen molar-refractivity contribution in [3.8, 4) is 5.69 Å². The zero-order valence-electron chi connectivity index (χ0n) is 14.1. The zero-order valence-corrected chi connectivity index (χ0v) is 14.9. The standard InChI is InChI=1S/C17H23N5OS/c1-21(15-9-6-10-16(15)24-2)17(23)18-11-13-12-22(20-19-13)14-7-4-3-5-8-14/h3-5,7-8,12,15-16H,6,9-11H2,1-2H3,(H,18,23)/t15-,16+/m0/s1. The Labute approximate surface area is 146 Å². The third-order valence-electron chi connectivity index (χ3n) is 4.52. The van der Waals surface area contributed by atoms with E-state index in [-0.39, 0.29) is 6.03 Å². The van der Waals surface area contributed by atoms with Crippen LogP contribution in [0, 0.1) is 0 Å². The average Bonchev–Trinajstić information content (AvgIpc) is 3.28. The minimum Gasteiger partial charge on any atom is -0.332 e. The second-order valence-electron chi connectivity index (χ2n) is 6.03. The molecule has 0 saturated heterocycles. The van der Waals surface area contributed by atoms with Crippen LogP contribution in [0.3, 0.4) is 0 Å². The van der Waals surface area contributed by atoms with Crippen LogP contribution in [-0.2, 0) is 6.54 Å². The maximum absolute atomic E-state index is 12.4. The van der Waals surface area contributed by atoms with Crippen LogP contribution in [0.15, 0.2) is 36.5 Å². The predicted octanol–water partition coefficient (Wildman–Crippen LogP) is 2.69. The van der Waals surface area contributed by atoms with E-state index in [1.807, 2.05) is 60.2 Å². The summed E-state index contributed by atoms with van der Waals surface area (Å²) in [6, 6.07) is 10.1. The number of thioether (sulfide) groups is 1. The van der Waals surface area contributed by atoms with Crippen LogP contribution in [0.2, 0.25) is 0 Å². The lowest BCUT2D eigenvalue weighted by molar-refractivity contribution is 0.191. The molecule has 0 bridgehead atoms. The van der Waals surface area contributed by atoms with Crippen LogP contribution in [0.1, 0.15) is 25.0 Å². The number of hydrogen-bond donors (Lipinski definition) is 1. The highest BCUT2D eigenvalue weighted by molar-refractivity contribution is 7.99. The van der Waals surface area contributed by atoms with Crippen LogP contribution in [0.4, 0.5) is 4.79 Å². The normalized spacial score (nSPS) is 20.1. The van der Waals surface area contributed by atoms with Crippen molar-refractivity contribution in [1.82, 2.24) is 25.2 Å². The summed E-state index contributed by atoms with van der Waals surface area (Å²) in [5.41, 5.74) is 1.70. The van der Waals surface area contributed by atoms with Crippen molar-refractivity contribution < 1.29 is 4.79 Å². The summed E-state index contributed by atoms with van der Waals surface area (Å²) >= 11 is 1.85. The molecule has 1 aliphatic rings. The molecule has 128 valence electrons. The van der Waals surface area contributed by atoms with E-state index >= 15 is 0 Å². The fourth-order valence-corrected chi connectivity index (χ4v) is 4.19. The topological polar surface area (TPSA) is 63.1 Å². The number of rotatable bonds is 5. The number of nitrogens with one attached hydrogen (secondary N) is 1. The molecular weight excluding hydrogens is 322 g/mol. The Bertz CT molecular complexity index is 675. The van der Waals surface area contributed by atoms with Gasteiger partial charge < -0.3 is 10.2 Å². The molecule has 0 spiro atoms. The summed E-state index contributed by atoms with van der Waals surface area (Å²) in [6.45, 7) is 0.382. The fraction of sp³-hybridized carbons (Fsp3) is 0.471. The van der Waals surface area contributed by atoms with Gasteiger partial charge in [-0.1, -0.05) is 29.8 Å². The van der Waals surface area contributed by atoms with Gasteiger partial charge in [0.1, 0.15) is 5.69 Å². The Kier molecular flexibility index (Phi) is 5.40. The predicted molar refractivity (Wildman–Crippen MR) is 96.3 cm³/mol. The molecule has 0 aliphatic heterocycles. The molecule has 1 saturated carbocycles. The number of amides is 2. The van der Waals surface area contributed by atoms with Gasteiger partial charge in [0.05, 0.1) is 18.4 Å². The summed E-state index contributed by atoms with van der Waals surface area (Å²) in [5.74, 6) is 0. The number of carbonyl (C=O) groups is 1. The second-order valence-corrected chi connectivity index (χ2v) is 7.11. The first kappa shape index (κ1) is 16.8. The third-order valence-corrected chi connectivity index (χ3v) is 5.68. The molecule has 3 rings (SSSR count). The van der Waals surface area contributed by atoms with Gasteiger partial charge in [0.15, 0.2) is 0 Å². The molecule has 1 aliphatic carbocycles. The molecule has 0 unspecified atom stereocenters. The lowest BCUT2D eigenvalue weighted by Gasteiger charge is -2.28. The highest BCUT2D eigenvalue weighted by Gasteiger charge is 2.32. The second kappa shape index (κ2) is 7.70. The maximum Gasteiger partial charge on any atom is 0.317 e. The summed E-state index contributed by atoms with van der Waals surface area (Å²) < 4.78 is 1.71. The number of para-hydroxylation sites is 1. The van der Waals surface area contributed by atoms with E-state index in [1.54, 1.807) is 4.68 Å². The molecule has 7 heteroatoms. The van der Waals surface area contributed by atoms with Gasteiger partial charge in [-0.15, -0.1) is 5.10 Å². The average molecular weight is 345 g/mol. The van der Waals surface area contributed by atoms with Gasteiger partial charge in [-0.25, -0.2) is 9.48 Å². The molecule has 1 heterocycles. The van der Waals surface area contributed by atoms with Gasteiger partial charge >= 0.3 is 6.03 Å². The van der Waals surface area contributed by atoms with Crippen molar-refractivity contribution in [3.05, 3.63) is 42.2 Å². The largest absolute Gasteiger partial charge is 0.332 e. The molecule has 1 fully saturated rings. The number of nitrogens with zero attached hydrogens (tertiary/aromatic N) is 4. The van der Waals surface area contributed by atoms with Crippen molar-refractivity contribution in [2.24, 2.45) is 0 Å². The van der Waals surface area contributed by atoms with E-state index in [9.17, 15) is 4.79 Å². The Morgan fingerprint density at radius 1 is 1.38 bits per heavy atom. The molecule has 6 nitrogen and oxygen atoms in total. The fourth-order valence-electron chi connectivity index (χ4n) is 3.15. The molecule has 1 aromatic carbocycles. The monoisotopic (exact) mass is 345 g/mol. The van der Waals surface area contributed by atoms with Gasteiger partial charge in [-0.2, -0.15) is 11.8 Å². The minimum absolute atomic E-state index is 0.0461. The lowest BCUT2D eigenvalue weighted by Crippen LogP contribution is -2.45. The Morgan fingerprint density at radius 2 is 2.17 bits per heavy atom. The summed E-state index contributed by atoms with van der Waals surface area (Å²) in [5, 5.41) is 11.7. The molecule has 2 amide bonds. The molecule has 1 aromatic heterocycles. The van der Waals surface area contributed by atoms with Crippen LogP contribution in [0.5, 0.6) is 0 Å². The van der Waals surface area contributed by atoms with Crippen molar-refractivity contribution in [2.45, 2.75) is 37.1 Å². The number of aromatic nitrogens is 3. The first-order chi connectivity index (χ1) is 11.7. The van der Waals surface area contributed by atoms with E-state index in [1.165, 1.54) is 12.8 Å². The highest BCUT2D eigenvalue weighted by atomic mass is 32.2. The van der Waals surface area contributed by atoms with Gasteiger partial charge in [-0.05, 0) is 31.2 Å². The lowest BCUT2D eigenvalue weighted by atomic mass is 10.2. The molecule has 1 N–H and O–H groups in total. The number of hydrogen-bond acceptors (Lipinski definition) is 4. The zero-order chi connectivity index (χ0) is 16.9. The van der Waals surface area contributed by atoms with E-state index in [0.29, 0.717) is 17.8 Å². The van der Waals surface area contributed by atoms with E-state index in [2.05, 4.69) is 21.9 Å². The Balaban J connectivity index is 1.56. The first-order valence-corrected chi connectivity index (χ1v) is 9.48. The van der Waals surface area contributed by atoms with Crippen LogP contribution in [-0.4, -0.2) is 50.5 Å². The van der Waals surface area contributed by atoms with Gasteiger partial charge in [-0.3, -0.25) is 0 Å². The summed E-state index contributed by atoms with van der Waals surface area (Å²) in [6.07, 6.45) is 7.43. The smallest absolute Gasteiger partial charge is 0.317 e. The van der Waals surface area contributed by atoms with Gasteiger partial charge in [0, 0.05) is 18.3 Å². The van der Waals surface area contributed by atoms with Crippen molar-refractivity contribution in [1.29, 1.82) is 0 Å². The quantitative estimate of drug-likeness (QED) is 0.905. The van der Waals surface area contributed by atoms with Crippen LogP contribution >= 0.6 is 11.8 Å². The molecule has 24 heavy (non-hydrogen) atoms. The number of urea groups is 1. The van der Waals surface area contributed by atoms with Crippen LogP contribution in [0.25, 0.3) is 5.69 Å². The SMILES string of the molecule is CS[C@@H]1CCC[C@@H]1N(C)C(=O)NCc1cn(-c2ccccc2)nn1. The van der Waals surface area contributed by atoms with Crippen molar-refractivity contribution >= 4 is 17.8 Å². The van der Waals surface area contributed by atoms with E-state index < -0.39 is 0 Å². The number of benzene rings is 1. The number of carbonyl (C=O) groups excluding carboxylic acids is 1. The molecule has 2 atom stereocenters. The summed E-state index contributed by atoms with van der Waals surface area (Å²) in [4.78, 5) is 14.2. The Morgan fingerprint density at radius 3 is 2.92 bits per heavy atom. The first-order valence-electron chi connectivity index (χ1n) is 8.19. The van der Waals surface area contributed by atoms with E-state index in [4.69, 9.17) is 0 Å².